The molecule has 0 radical (unpaired) electrons. The second kappa shape index (κ2) is 6.62. The van der Waals surface area contributed by atoms with Gasteiger partial charge in [-0.25, -0.2) is 4.79 Å². The molecule has 0 saturated carbocycles. The van der Waals surface area contributed by atoms with Crippen molar-refractivity contribution in [3.8, 4) is 0 Å². The molecule has 0 aromatic heterocycles. The third-order valence-electron chi connectivity index (χ3n) is 5.83. The molecule has 2 atom stereocenters. The number of benzene rings is 1. The summed E-state index contributed by atoms with van der Waals surface area (Å²) in [6, 6.07) is 8.42. The summed E-state index contributed by atoms with van der Waals surface area (Å²) in [5.74, 6) is -3.42. The van der Waals surface area contributed by atoms with Crippen LogP contribution < -0.4 is 0 Å². The highest BCUT2D eigenvalue weighted by molar-refractivity contribution is 6.29. The van der Waals surface area contributed by atoms with Crippen LogP contribution in [0, 0.1) is 5.92 Å². The van der Waals surface area contributed by atoms with E-state index in [9.17, 15) is 19.2 Å². The van der Waals surface area contributed by atoms with Crippen LogP contribution in [0.3, 0.4) is 0 Å². The molecule has 1 aromatic carbocycles. The van der Waals surface area contributed by atoms with Crippen LogP contribution in [0.25, 0.3) is 0 Å². The van der Waals surface area contributed by atoms with E-state index in [2.05, 4.69) is 0 Å². The van der Waals surface area contributed by atoms with Gasteiger partial charge in [0.25, 0.3) is 0 Å². The van der Waals surface area contributed by atoms with Gasteiger partial charge in [-0.05, 0) is 39.3 Å². The highest BCUT2D eigenvalue weighted by Gasteiger charge is 2.55. The van der Waals surface area contributed by atoms with Crippen molar-refractivity contribution in [1.82, 2.24) is 0 Å². The second-order valence-corrected chi connectivity index (χ2v) is 8.61. The van der Waals surface area contributed by atoms with Crippen molar-refractivity contribution in [2.75, 3.05) is 0 Å². The normalized spacial score (nSPS) is 25.3. The van der Waals surface area contributed by atoms with Crippen LogP contribution in [0.1, 0.15) is 44.5 Å². The fraction of sp³-hybridized carbons (Fsp3) is 0.333. The van der Waals surface area contributed by atoms with Crippen LogP contribution in [-0.2, 0) is 23.9 Å². The van der Waals surface area contributed by atoms with Crippen molar-refractivity contribution < 1.29 is 28.7 Å². The monoisotopic (exact) mass is 406 g/mol. The highest BCUT2D eigenvalue weighted by atomic mass is 16.6. The lowest BCUT2D eigenvalue weighted by Crippen LogP contribution is -2.43. The molecule has 30 heavy (non-hydrogen) atoms. The minimum Gasteiger partial charge on any atom is -0.494 e. The van der Waals surface area contributed by atoms with Crippen molar-refractivity contribution in [2.45, 2.75) is 45.3 Å². The quantitative estimate of drug-likeness (QED) is 0.330. The van der Waals surface area contributed by atoms with Gasteiger partial charge in [0.1, 0.15) is 11.2 Å². The van der Waals surface area contributed by atoms with E-state index in [1.54, 1.807) is 36.4 Å². The third-order valence-corrected chi connectivity index (χ3v) is 5.83. The number of rotatable bonds is 4. The van der Waals surface area contributed by atoms with E-state index in [4.69, 9.17) is 9.47 Å². The zero-order valence-corrected chi connectivity index (χ0v) is 17.3. The smallest absolute Gasteiger partial charge is 0.343 e. The van der Waals surface area contributed by atoms with Gasteiger partial charge in [0.2, 0.25) is 5.78 Å². The van der Waals surface area contributed by atoms with E-state index in [-0.39, 0.29) is 11.1 Å². The van der Waals surface area contributed by atoms with Gasteiger partial charge < -0.3 is 9.47 Å². The van der Waals surface area contributed by atoms with Gasteiger partial charge in [-0.1, -0.05) is 30.3 Å². The maximum Gasteiger partial charge on any atom is 0.343 e. The largest absolute Gasteiger partial charge is 0.494 e. The molecule has 0 N–H and O–H groups in total. The number of Topliss-reactive ketones (excluding diaryl/α,β-unsaturated/α-hetero) is 3. The van der Waals surface area contributed by atoms with Gasteiger partial charge in [-0.2, -0.15) is 0 Å². The molecular weight excluding hydrogens is 384 g/mol. The van der Waals surface area contributed by atoms with E-state index < -0.39 is 40.4 Å². The molecule has 1 aromatic rings. The predicted octanol–water partition coefficient (Wildman–Crippen LogP) is 3.28. The van der Waals surface area contributed by atoms with Crippen molar-refractivity contribution in [1.29, 1.82) is 0 Å². The summed E-state index contributed by atoms with van der Waals surface area (Å²) in [6.07, 6.45) is 3.52. The van der Waals surface area contributed by atoms with Gasteiger partial charge in [0.15, 0.2) is 17.2 Å². The van der Waals surface area contributed by atoms with Crippen LogP contribution in [-0.4, -0.2) is 34.5 Å². The third kappa shape index (κ3) is 2.95. The zero-order chi connectivity index (χ0) is 21.8. The molecule has 0 amide bonds. The molecule has 2 heterocycles. The van der Waals surface area contributed by atoms with Crippen LogP contribution in [0.4, 0.5) is 0 Å². The average molecular weight is 406 g/mol. The Morgan fingerprint density at radius 3 is 2.37 bits per heavy atom. The predicted molar refractivity (Wildman–Crippen MR) is 107 cm³/mol. The molecule has 3 aliphatic rings. The number of ether oxygens (including phenoxy) is 2. The highest BCUT2D eigenvalue weighted by Crippen LogP contribution is 2.46. The van der Waals surface area contributed by atoms with Crippen molar-refractivity contribution >= 4 is 23.3 Å². The van der Waals surface area contributed by atoms with Crippen LogP contribution in [0.2, 0.25) is 0 Å². The Bertz CT molecular complexity index is 1090. The number of hydrogen-bond donors (Lipinski definition) is 0. The molecular formula is C24H22O6. The molecule has 4 rings (SSSR count). The molecule has 2 aliphatic heterocycles. The topological polar surface area (TPSA) is 86.7 Å². The number of ketones is 3. The Labute approximate surface area is 174 Å². The zero-order valence-electron chi connectivity index (χ0n) is 17.3. The fourth-order valence-corrected chi connectivity index (χ4v) is 4.09. The summed E-state index contributed by atoms with van der Waals surface area (Å²) in [7, 11) is 0. The summed E-state index contributed by atoms with van der Waals surface area (Å²) in [6.45, 7) is 6.71. The lowest BCUT2D eigenvalue weighted by atomic mass is 9.74. The molecule has 6 heteroatoms. The molecule has 0 fully saturated rings. The van der Waals surface area contributed by atoms with E-state index >= 15 is 0 Å². The van der Waals surface area contributed by atoms with E-state index in [0.29, 0.717) is 23.1 Å². The second-order valence-electron chi connectivity index (χ2n) is 8.61. The minimum absolute atomic E-state index is 0.222. The Balaban J connectivity index is 1.79. The van der Waals surface area contributed by atoms with E-state index in [0.717, 1.165) is 0 Å². The van der Waals surface area contributed by atoms with E-state index in [1.165, 1.54) is 20.1 Å². The summed E-state index contributed by atoms with van der Waals surface area (Å²) < 4.78 is 11.0. The first kappa shape index (κ1) is 20.0. The van der Waals surface area contributed by atoms with E-state index in [1.807, 2.05) is 13.8 Å². The maximum atomic E-state index is 13.2. The first-order chi connectivity index (χ1) is 14.0. The number of fused-ring (bicyclic) bond motifs is 2. The molecule has 0 bridgehead atoms. The molecule has 0 saturated heterocycles. The Morgan fingerprint density at radius 2 is 1.70 bits per heavy atom. The summed E-state index contributed by atoms with van der Waals surface area (Å²) >= 11 is 0. The van der Waals surface area contributed by atoms with Crippen LogP contribution in [0.15, 0.2) is 65.0 Å². The van der Waals surface area contributed by atoms with Gasteiger partial charge in [0.05, 0.1) is 17.8 Å². The Hall–Kier alpha value is -3.28. The molecule has 154 valence electrons. The Morgan fingerprint density at radius 1 is 1.03 bits per heavy atom. The molecule has 0 spiro atoms. The minimum atomic E-state index is -1.60. The first-order valence-electron chi connectivity index (χ1n) is 9.80. The van der Waals surface area contributed by atoms with Gasteiger partial charge >= 0.3 is 5.97 Å². The first-order valence-corrected chi connectivity index (χ1v) is 9.80. The van der Waals surface area contributed by atoms with Crippen LogP contribution >= 0.6 is 0 Å². The number of carbonyl (C=O) groups is 4. The fourth-order valence-electron chi connectivity index (χ4n) is 4.09. The number of carbonyl (C=O) groups excluding carboxylic acids is 4. The summed E-state index contributed by atoms with van der Waals surface area (Å²) in [4.78, 5) is 51.8. The van der Waals surface area contributed by atoms with Gasteiger partial charge in [-0.15, -0.1) is 0 Å². The van der Waals surface area contributed by atoms with Gasteiger partial charge in [0, 0.05) is 17.6 Å². The number of esters is 1. The van der Waals surface area contributed by atoms with Crippen LogP contribution in [0.5, 0.6) is 0 Å². The Kier molecular flexibility index (Phi) is 4.42. The summed E-state index contributed by atoms with van der Waals surface area (Å²) in [5.41, 5.74) is -0.706. The molecule has 6 nitrogen and oxygen atoms in total. The summed E-state index contributed by atoms with van der Waals surface area (Å²) in [5, 5.41) is 0. The van der Waals surface area contributed by atoms with Crippen molar-refractivity contribution in [3.05, 3.63) is 70.5 Å². The number of hydrogen-bond acceptors (Lipinski definition) is 6. The maximum absolute atomic E-state index is 13.2. The van der Waals surface area contributed by atoms with Gasteiger partial charge in [-0.3, -0.25) is 14.4 Å². The molecule has 1 unspecified atom stereocenters. The standard InChI is InChI=1S/C24H22O6/c1-13(19(25)14-8-6-5-7-9-14)20(26)18-17-10-15-11-23(2,3)29-12-16(15)21(27)24(17,4)30-22(18)28/h5-10,12-13H,11H2,1-4H3/t13?,24-/m0/s1. The lowest BCUT2D eigenvalue weighted by Gasteiger charge is -2.37. The van der Waals surface area contributed by atoms with Crippen molar-refractivity contribution in [3.63, 3.8) is 0 Å². The molecule has 1 aliphatic carbocycles. The lowest BCUT2D eigenvalue weighted by molar-refractivity contribution is -0.153. The van der Waals surface area contributed by atoms with Crippen molar-refractivity contribution in [2.24, 2.45) is 5.92 Å². The average Bonchev–Trinajstić information content (AvgIpc) is 2.97. The SMILES string of the molecule is CC(C(=O)C1=C2C=C3CC(C)(C)OC=C3C(=O)[C@@]2(C)OC1=O)C(=O)c1ccccc1.